The molecule has 0 radical (unpaired) electrons. The van der Waals surface area contributed by atoms with E-state index in [4.69, 9.17) is 10.5 Å². The van der Waals surface area contributed by atoms with Gasteiger partial charge in [0.1, 0.15) is 5.75 Å². The first kappa shape index (κ1) is 14.4. The minimum atomic E-state index is 0.0814. The zero-order chi connectivity index (χ0) is 14.7. The predicted molar refractivity (Wildman–Crippen MR) is 88.6 cm³/mol. The molecule has 1 saturated carbocycles. The molecule has 2 aromatic carbocycles. The summed E-state index contributed by atoms with van der Waals surface area (Å²) < 4.78 is 5.88. The van der Waals surface area contributed by atoms with Crippen LogP contribution in [0.5, 0.6) is 5.75 Å². The first-order valence-electron chi connectivity index (χ1n) is 8.21. The van der Waals surface area contributed by atoms with Crippen molar-refractivity contribution in [2.45, 2.75) is 45.1 Å². The lowest BCUT2D eigenvalue weighted by Gasteiger charge is -2.29. The summed E-state index contributed by atoms with van der Waals surface area (Å²) in [7, 11) is 0. The van der Waals surface area contributed by atoms with E-state index < -0.39 is 0 Å². The third-order valence-electron chi connectivity index (χ3n) is 4.72. The Morgan fingerprint density at radius 1 is 1.10 bits per heavy atom. The molecule has 2 nitrogen and oxygen atoms in total. The quantitative estimate of drug-likeness (QED) is 0.873. The Labute approximate surface area is 127 Å². The van der Waals surface area contributed by atoms with Crippen LogP contribution in [0.3, 0.4) is 0 Å². The second kappa shape index (κ2) is 6.48. The van der Waals surface area contributed by atoms with Crippen LogP contribution < -0.4 is 10.5 Å². The van der Waals surface area contributed by atoms with Crippen molar-refractivity contribution in [2.24, 2.45) is 11.7 Å². The lowest BCUT2D eigenvalue weighted by molar-refractivity contribution is 0.293. The van der Waals surface area contributed by atoms with Crippen LogP contribution in [0, 0.1) is 5.92 Å². The lowest BCUT2D eigenvalue weighted by atomic mass is 9.80. The van der Waals surface area contributed by atoms with Gasteiger partial charge in [0.2, 0.25) is 0 Å². The fourth-order valence-corrected chi connectivity index (χ4v) is 3.63. The Bertz CT molecular complexity index is 602. The number of rotatable bonds is 4. The third kappa shape index (κ3) is 2.91. The van der Waals surface area contributed by atoms with Crippen LogP contribution in [-0.4, -0.2) is 6.61 Å². The first-order chi connectivity index (χ1) is 10.3. The van der Waals surface area contributed by atoms with Crippen molar-refractivity contribution >= 4 is 10.8 Å². The maximum absolute atomic E-state index is 6.69. The van der Waals surface area contributed by atoms with E-state index in [0.717, 1.165) is 5.75 Å². The zero-order valence-electron chi connectivity index (χ0n) is 12.8. The summed E-state index contributed by atoms with van der Waals surface area (Å²) in [6, 6.07) is 12.8. The van der Waals surface area contributed by atoms with Crippen LogP contribution in [0.15, 0.2) is 36.4 Å². The van der Waals surface area contributed by atoms with Crippen molar-refractivity contribution < 1.29 is 4.74 Å². The standard InChI is InChI=1S/C19H25NO/c1-2-21-17-13-12-14-8-6-7-11-16(14)18(17)19(20)15-9-4-3-5-10-15/h6-8,11-13,15,19H,2-5,9-10,20H2,1H3/t19-/m1/s1. The van der Waals surface area contributed by atoms with E-state index in [1.54, 1.807) is 0 Å². The molecule has 0 unspecified atom stereocenters. The molecule has 0 bridgehead atoms. The van der Waals surface area contributed by atoms with Crippen LogP contribution in [0.25, 0.3) is 10.8 Å². The molecule has 2 N–H and O–H groups in total. The molecule has 112 valence electrons. The minimum absolute atomic E-state index is 0.0814. The van der Waals surface area contributed by atoms with Gasteiger partial charge in [0.05, 0.1) is 6.61 Å². The van der Waals surface area contributed by atoms with Crippen LogP contribution in [0.4, 0.5) is 0 Å². The average Bonchev–Trinajstić information content (AvgIpc) is 2.55. The van der Waals surface area contributed by atoms with Gasteiger partial charge in [0.25, 0.3) is 0 Å². The molecule has 3 rings (SSSR count). The maximum atomic E-state index is 6.69. The number of ether oxygens (including phenoxy) is 1. The van der Waals surface area contributed by atoms with Crippen molar-refractivity contribution in [1.82, 2.24) is 0 Å². The van der Waals surface area contributed by atoms with E-state index in [2.05, 4.69) is 36.4 Å². The minimum Gasteiger partial charge on any atom is -0.494 e. The highest BCUT2D eigenvalue weighted by Crippen LogP contribution is 2.40. The summed E-state index contributed by atoms with van der Waals surface area (Å²) in [4.78, 5) is 0. The topological polar surface area (TPSA) is 35.2 Å². The fraction of sp³-hybridized carbons (Fsp3) is 0.474. The summed E-state index contributed by atoms with van der Waals surface area (Å²) in [5, 5.41) is 2.50. The highest BCUT2D eigenvalue weighted by atomic mass is 16.5. The van der Waals surface area contributed by atoms with Crippen LogP contribution >= 0.6 is 0 Å². The summed E-state index contributed by atoms with van der Waals surface area (Å²) in [6.07, 6.45) is 6.48. The number of hydrogen-bond acceptors (Lipinski definition) is 2. The van der Waals surface area contributed by atoms with Crippen molar-refractivity contribution in [3.8, 4) is 5.75 Å². The van der Waals surface area contributed by atoms with Gasteiger partial charge in [-0.2, -0.15) is 0 Å². The molecule has 0 amide bonds. The summed E-state index contributed by atoms with van der Waals surface area (Å²) in [5.41, 5.74) is 7.90. The summed E-state index contributed by atoms with van der Waals surface area (Å²) >= 11 is 0. The number of benzene rings is 2. The predicted octanol–water partition coefficient (Wildman–Crippen LogP) is 4.82. The molecule has 2 heteroatoms. The number of hydrogen-bond donors (Lipinski definition) is 1. The molecule has 1 atom stereocenters. The van der Waals surface area contributed by atoms with Gasteiger partial charge in [-0.25, -0.2) is 0 Å². The molecule has 0 aliphatic heterocycles. The van der Waals surface area contributed by atoms with Gasteiger partial charge >= 0.3 is 0 Å². The van der Waals surface area contributed by atoms with Gasteiger partial charge in [-0.05, 0) is 42.5 Å². The van der Waals surface area contributed by atoms with Crippen molar-refractivity contribution in [3.05, 3.63) is 42.0 Å². The monoisotopic (exact) mass is 283 g/mol. The largest absolute Gasteiger partial charge is 0.494 e. The van der Waals surface area contributed by atoms with E-state index in [9.17, 15) is 0 Å². The van der Waals surface area contributed by atoms with E-state index in [-0.39, 0.29) is 6.04 Å². The van der Waals surface area contributed by atoms with Gasteiger partial charge in [-0.15, -0.1) is 0 Å². The second-order valence-corrected chi connectivity index (χ2v) is 6.06. The third-order valence-corrected chi connectivity index (χ3v) is 4.72. The lowest BCUT2D eigenvalue weighted by Crippen LogP contribution is -2.24. The SMILES string of the molecule is CCOc1ccc2ccccc2c1[C@H](N)C1CCCCC1. The molecule has 0 saturated heterocycles. The van der Waals surface area contributed by atoms with Gasteiger partial charge < -0.3 is 10.5 Å². The van der Waals surface area contributed by atoms with Crippen molar-refractivity contribution in [1.29, 1.82) is 0 Å². The summed E-state index contributed by atoms with van der Waals surface area (Å²) in [6.45, 7) is 2.72. The van der Waals surface area contributed by atoms with E-state index in [1.807, 2.05) is 6.92 Å². The first-order valence-corrected chi connectivity index (χ1v) is 8.21. The Morgan fingerprint density at radius 2 is 1.86 bits per heavy atom. The Hall–Kier alpha value is -1.54. The number of fused-ring (bicyclic) bond motifs is 1. The van der Waals surface area contributed by atoms with E-state index in [1.165, 1.54) is 48.4 Å². The van der Waals surface area contributed by atoms with Crippen LogP contribution in [-0.2, 0) is 0 Å². The molecule has 21 heavy (non-hydrogen) atoms. The van der Waals surface area contributed by atoms with Crippen molar-refractivity contribution in [3.63, 3.8) is 0 Å². The fourth-order valence-electron chi connectivity index (χ4n) is 3.63. The molecular weight excluding hydrogens is 258 g/mol. The smallest absolute Gasteiger partial charge is 0.124 e. The Morgan fingerprint density at radius 3 is 2.62 bits per heavy atom. The molecule has 1 aliphatic rings. The van der Waals surface area contributed by atoms with Gasteiger partial charge in [-0.3, -0.25) is 0 Å². The Kier molecular flexibility index (Phi) is 4.45. The molecular formula is C19H25NO. The molecule has 0 spiro atoms. The van der Waals surface area contributed by atoms with E-state index in [0.29, 0.717) is 12.5 Å². The van der Waals surface area contributed by atoms with Gasteiger partial charge in [0.15, 0.2) is 0 Å². The highest BCUT2D eigenvalue weighted by Gasteiger charge is 2.25. The zero-order valence-corrected chi connectivity index (χ0v) is 12.8. The van der Waals surface area contributed by atoms with Gasteiger partial charge in [0, 0.05) is 11.6 Å². The molecule has 0 aromatic heterocycles. The second-order valence-electron chi connectivity index (χ2n) is 6.06. The van der Waals surface area contributed by atoms with Crippen molar-refractivity contribution in [2.75, 3.05) is 6.61 Å². The average molecular weight is 283 g/mol. The van der Waals surface area contributed by atoms with E-state index >= 15 is 0 Å². The highest BCUT2D eigenvalue weighted by molar-refractivity contribution is 5.88. The molecule has 2 aromatic rings. The molecule has 1 fully saturated rings. The molecule has 1 aliphatic carbocycles. The molecule has 0 heterocycles. The van der Waals surface area contributed by atoms with Gasteiger partial charge in [-0.1, -0.05) is 49.6 Å². The normalized spacial score (nSPS) is 17.8. The number of nitrogens with two attached hydrogens (primary N) is 1. The van der Waals surface area contributed by atoms with Crippen LogP contribution in [0.2, 0.25) is 0 Å². The van der Waals surface area contributed by atoms with Crippen LogP contribution in [0.1, 0.15) is 50.6 Å². The maximum Gasteiger partial charge on any atom is 0.124 e. The summed E-state index contributed by atoms with van der Waals surface area (Å²) in [5.74, 6) is 1.55. The Balaban J connectivity index is 2.06.